The summed E-state index contributed by atoms with van der Waals surface area (Å²) in [7, 11) is 0. The maximum absolute atomic E-state index is 13.2. The Morgan fingerprint density at radius 3 is 2.93 bits per heavy atom. The number of benzene rings is 1. The van der Waals surface area contributed by atoms with Crippen LogP contribution in [0.1, 0.15) is 16.8 Å². The second-order valence-corrected chi connectivity index (χ2v) is 3.51. The normalized spacial score (nSPS) is 20.2. The van der Waals surface area contributed by atoms with E-state index in [2.05, 4.69) is 5.32 Å². The van der Waals surface area contributed by atoms with Crippen LogP contribution in [0.25, 0.3) is 0 Å². The summed E-state index contributed by atoms with van der Waals surface area (Å²) in [6, 6.07) is 5.96. The molecule has 0 saturated carbocycles. The first kappa shape index (κ1) is 10.1. The zero-order valence-electron chi connectivity index (χ0n) is 8.20. The quantitative estimate of drug-likeness (QED) is 0.798. The van der Waals surface area contributed by atoms with E-state index in [1.807, 2.05) is 0 Å². The highest BCUT2D eigenvalue weighted by Gasteiger charge is 2.19. The van der Waals surface area contributed by atoms with E-state index in [-0.39, 0.29) is 17.5 Å². The average Bonchev–Trinajstić information content (AvgIpc) is 2.71. The summed E-state index contributed by atoms with van der Waals surface area (Å²) in [4.78, 5) is 11.6. The van der Waals surface area contributed by atoms with Crippen molar-refractivity contribution in [2.75, 3.05) is 13.2 Å². The van der Waals surface area contributed by atoms with Crippen LogP contribution in [0.15, 0.2) is 24.3 Å². The van der Waals surface area contributed by atoms with Gasteiger partial charge in [-0.15, -0.1) is 0 Å². The molecule has 1 aliphatic rings. The second-order valence-electron chi connectivity index (χ2n) is 3.51. The fourth-order valence-corrected chi connectivity index (χ4v) is 1.56. The summed E-state index contributed by atoms with van der Waals surface area (Å²) in [5, 5.41) is 2.73. The van der Waals surface area contributed by atoms with Gasteiger partial charge in [-0.25, -0.2) is 4.39 Å². The Labute approximate surface area is 87.2 Å². The molecule has 80 valence electrons. The molecule has 0 bridgehead atoms. The van der Waals surface area contributed by atoms with Crippen LogP contribution >= 0.6 is 0 Å². The average molecular weight is 209 g/mol. The molecule has 0 radical (unpaired) electrons. The Balaban J connectivity index is 2.04. The molecule has 1 aliphatic heterocycles. The Bertz CT molecular complexity index is 361. The lowest BCUT2D eigenvalue weighted by atomic mass is 10.2. The Morgan fingerprint density at radius 1 is 1.47 bits per heavy atom. The molecule has 1 aromatic rings. The van der Waals surface area contributed by atoms with Crippen LogP contribution in [-0.4, -0.2) is 25.2 Å². The lowest BCUT2D eigenvalue weighted by Gasteiger charge is -2.10. The van der Waals surface area contributed by atoms with Gasteiger partial charge < -0.3 is 10.1 Å². The number of hydrogen-bond acceptors (Lipinski definition) is 2. The smallest absolute Gasteiger partial charge is 0.254 e. The summed E-state index contributed by atoms with van der Waals surface area (Å²) in [5.74, 6) is -0.863. The minimum atomic E-state index is -0.492. The van der Waals surface area contributed by atoms with Crippen LogP contribution < -0.4 is 5.32 Å². The minimum Gasteiger partial charge on any atom is -0.379 e. The first-order chi connectivity index (χ1) is 7.27. The summed E-state index contributed by atoms with van der Waals surface area (Å²) in [5.41, 5.74) is 0.0874. The van der Waals surface area contributed by atoms with Crippen molar-refractivity contribution in [1.29, 1.82) is 0 Å². The number of rotatable bonds is 2. The van der Waals surface area contributed by atoms with Crippen molar-refractivity contribution in [2.45, 2.75) is 12.5 Å². The molecule has 4 heteroatoms. The number of carbonyl (C=O) groups is 1. The van der Waals surface area contributed by atoms with Crippen molar-refractivity contribution >= 4 is 5.91 Å². The highest BCUT2D eigenvalue weighted by atomic mass is 19.1. The lowest BCUT2D eigenvalue weighted by Crippen LogP contribution is -2.35. The van der Waals surface area contributed by atoms with Crippen molar-refractivity contribution in [1.82, 2.24) is 5.32 Å². The van der Waals surface area contributed by atoms with E-state index in [1.54, 1.807) is 12.1 Å². The van der Waals surface area contributed by atoms with Gasteiger partial charge in [0.05, 0.1) is 18.2 Å². The molecule has 2 rings (SSSR count). The van der Waals surface area contributed by atoms with Gasteiger partial charge in [0.2, 0.25) is 0 Å². The molecule has 15 heavy (non-hydrogen) atoms. The number of nitrogens with one attached hydrogen (secondary N) is 1. The van der Waals surface area contributed by atoms with E-state index in [4.69, 9.17) is 4.74 Å². The van der Waals surface area contributed by atoms with E-state index in [0.29, 0.717) is 13.2 Å². The monoisotopic (exact) mass is 209 g/mol. The van der Waals surface area contributed by atoms with Crippen molar-refractivity contribution in [3.63, 3.8) is 0 Å². The Kier molecular flexibility index (Phi) is 2.97. The third-order valence-electron chi connectivity index (χ3n) is 2.38. The molecule has 1 unspecified atom stereocenters. The van der Waals surface area contributed by atoms with Crippen molar-refractivity contribution < 1.29 is 13.9 Å². The van der Waals surface area contributed by atoms with Gasteiger partial charge >= 0.3 is 0 Å². The molecule has 1 atom stereocenters. The number of amides is 1. The summed E-state index contributed by atoms with van der Waals surface area (Å²) < 4.78 is 18.3. The van der Waals surface area contributed by atoms with Crippen molar-refractivity contribution in [3.8, 4) is 0 Å². The molecule has 1 N–H and O–H groups in total. The molecule has 1 fully saturated rings. The van der Waals surface area contributed by atoms with Gasteiger partial charge in [-0.1, -0.05) is 12.1 Å². The highest BCUT2D eigenvalue weighted by molar-refractivity contribution is 5.94. The summed E-state index contributed by atoms with van der Waals surface area (Å²) >= 11 is 0. The molecule has 0 aliphatic carbocycles. The number of ether oxygens (including phenoxy) is 1. The zero-order chi connectivity index (χ0) is 10.7. The van der Waals surface area contributed by atoms with Gasteiger partial charge in [-0.05, 0) is 18.6 Å². The molecule has 1 amide bonds. The Morgan fingerprint density at radius 2 is 2.27 bits per heavy atom. The van der Waals surface area contributed by atoms with Gasteiger partial charge in [0, 0.05) is 6.61 Å². The third kappa shape index (κ3) is 2.33. The molecule has 0 aromatic heterocycles. The predicted molar refractivity (Wildman–Crippen MR) is 53.1 cm³/mol. The van der Waals surface area contributed by atoms with Gasteiger partial charge in [0.25, 0.3) is 5.91 Å². The van der Waals surface area contributed by atoms with Crippen LogP contribution in [0.2, 0.25) is 0 Å². The third-order valence-corrected chi connectivity index (χ3v) is 2.38. The first-order valence-electron chi connectivity index (χ1n) is 4.90. The molecule has 3 nitrogen and oxygen atoms in total. The van der Waals surface area contributed by atoms with E-state index in [0.717, 1.165) is 6.42 Å². The number of carbonyl (C=O) groups excluding carboxylic acids is 1. The van der Waals surface area contributed by atoms with E-state index in [9.17, 15) is 9.18 Å². The van der Waals surface area contributed by atoms with Crippen LogP contribution in [-0.2, 0) is 4.74 Å². The largest absolute Gasteiger partial charge is 0.379 e. The maximum atomic E-state index is 13.2. The SMILES string of the molecule is O=C(NC1CCOC1)c1ccccc1F. The van der Waals surface area contributed by atoms with Crippen LogP contribution in [0.3, 0.4) is 0 Å². The lowest BCUT2D eigenvalue weighted by molar-refractivity contribution is 0.0926. The topological polar surface area (TPSA) is 38.3 Å². The fraction of sp³-hybridized carbons (Fsp3) is 0.364. The molecule has 1 aromatic carbocycles. The van der Waals surface area contributed by atoms with Crippen molar-refractivity contribution in [2.24, 2.45) is 0 Å². The second kappa shape index (κ2) is 4.40. The Hall–Kier alpha value is -1.42. The molecular formula is C11H12FNO2. The summed E-state index contributed by atoms with van der Waals surface area (Å²) in [6.45, 7) is 1.17. The number of halogens is 1. The zero-order valence-corrected chi connectivity index (χ0v) is 8.20. The van der Waals surface area contributed by atoms with Crippen LogP contribution in [0.4, 0.5) is 4.39 Å². The van der Waals surface area contributed by atoms with E-state index >= 15 is 0 Å². The molecule has 1 saturated heterocycles. The van der Waals surface area contributed by atoms with Gasteiger partial charge in [-0.3, -0.25) is 4.79 Å². The van der Waals surface area contributed by atoms with Crippen LogP contribution in [0.5, 0.6) is 0 Å². The van der Waals surface area contributed by atoms with Gasteiger partial charge in [0.1, 0.15) is 5.82 Å². The van der Waals surface area contributed by atoms with Gasteiger partial charge in [0.15, 0.2) is 0 Å². The number of hydrogen-bond donors (Lipinski definition) is 1. The van der Waals surface area contributed by atoms with E-state index < -0.39 is 5.82 Å². The molecule has 1 heterocycles. The van der Waals surface area contributed by atoms with E-state index in [1.165, 1.54) is 12.1 Å². The van der Waals surface area contributed by atoms with Gasteiger partial charge in [-0.2, -0.15) is 0 Å². The highest BCUT2D eigenvalue weighted by Crippen LogP contribution is 2.08. The standard InChI is InChI=1S/C11H12FNO2/c12-10-4-2-1-3-9(10)11(14)13-8-5-6-15-7-8/h1-4,8H,5-7H2,(H,13,14). The van der Waals surface area contributed by atoms with Crippen molar-refractivity contribution in [3.05, 3.63) is 35.6 Å². The van der Waals surface area contributed by atoms with Crippen LogP contribution in [0, 0.1) is 5.82 Å². The maximum Gasteiger partial charge on any atom is 0.254 e. The predicted octanol–water partition coefficient (Wildman–Crippen LogP) is 1.34. The molecule has 0 spiro atoms. The fourth-order valence-electron chi connectivity index (χ4n) is 1.56. The summed E-state index contributed by atoms with van der Waals surface area (Å²) in [6.07, 6.45) is 0.792. The first-order valence-corrected chi connectivity index (χ1v) is 4.90. The minimum absolute atomic E-state index is 0.0112. The molecular weight excluding hydrogens is 197 g/mol.